The zero-order chi connectivity index (χ0) is 26.0. The van der Waals surface area contributed by atoms with Crippen LogP contribution in [0.4, 0.5) is 10.1 Å². The molecule has 1 amide bonds. The van der Waals surface area contributed by atoms with Gasteiger partial charge in [-0.25, -0.2) is 22.1 Å². The van der Waals surface area contributed by atoms with Gasteiger partial charge in [-0.3, -0.25) is 4.79 Å². The summed E-state index contributed by atoms with van der Waals surface area (Å²) in [6, 6.07) is 4.47. The van der Waals surface area contributed by atoms with Crippen LogP contribution in [-0.4, -0.2) is 50.1 Å². The molecule has 0 atom stereocenters. The Morgan fingerprint density at radius 1 is 1.23 bits per heavy atom. The Morgan fingerprint density at radius 2 is 1.83 bits per heavy atom. The van der Waals surface area contributed by atoms with Gasteiger partial charge in [0.1, 0.15) is 11.4 Å². The molecule has 192 valence electrons. The fraction of sp³-hybridized carbons (Fsp3) is 0.478. The standard InChI is InChI=1S/C23H28Cl2FN3O5S/c1-23(2,26)17-12-16(13-27-22(17)33-3)34-21-18(24)10-15(11-19(21)25)28-20(30)9-14-5-7-29(8-6-14)35(4,31)32/h10-14H,5-9H2,1-4H3,(H,28,30). The highest BCUT2D eigenvalue weighted by Gasteiger charge is 2.27. The van der Waals surface area contributed by atoms with Crippen LogP contribution in [0.1, 0.15) is 38.7 Å². The Labute approximate surface area is 214 Å². The van der Waals surface area contributed by atoms with Crippen molar-refractivity contribution in [2.75, 3.05) is 31.8 Å². The van der Waals surface area contributed by atoms with Crippen LogP contribution in [0.3, 0.4) is 0 Å². The lowest BCUT2D eigenvalue weighted by Crippen LogP contribution is -2.38. The highest BCUT2D eigenvalue weighted by atomic mass is 35.5. The van der Waals surface area contributed by atoms with E-state index in [1.165, 1.54) is 55.9 Å². The van der Waals surface area contributed by atoms with E-state index in [-0.39, 0.29) is 51.2 Å². The van der Waals surface area contributed by atoms with Gasteiger partial charge in [-0.1, -0.05) is 23.2 Å². The van der Waals surface area contributed by atoms with Crippen molar-refractivity contribution in [1.82, 2.24) is 9.29 Å². The smallest absolute Gasteiger partial charge is 0.224 e. The normalized spacial score (nSPS) is 15.6. The van der Waals surface area contributed by atoms with Gasteiger partial charge >= 0.3 is 0 Å². The molecular weight excluding hydrogens is 520 g/mol. The number of ether oxygens (including phenoxy) is 2. The third-order valence-corrected chi connectivity index (χ3v) is 7.54. The first-order valence-electron chi connectivity index (χ1n) is 10.9. The van der Waals surface area contributed by atoms with Crippen molar-refractivity contribution in [3.63, 3.8) is 0 Å². The van der Waals surface area contributed by atoms with Crippen LogP contribution < -0.4 is 14.8 Å². The number of pyridine rings is 1. The molecule has 2 aromatic rings. The molecule has 1 aromatic carbocycles. The highest BCUT2D eigenvalue weighted by molar-refractivity contribution is 7.88. The molecule has 0 bridgehead atoms. The Kier molecular flexibility index (Phi) is 8.52. The summed E-state index contributed by atoms with van der Waals surface area (Å²) in [5.74, 6) is 0.347. The summed E-state index contributed by atoms with van der Waals surface area (Å²) >= 11 is 12.7. The fourth-order valence-electron chi connectivity index (χ4n) is 3.84. The number of hydrogen-bond donors (Lipinski definition) is 1. The number of rotatable bonds is 8. The lowest BCUT2D eigenvalue weighted by Gasteiger charge is -2.29. The SMILES string of the molecule is COc1ncc(Oc2c(Cl)cc(NC(=O)CC3CCN(S(C)(=O)=O)CC3)cc2Cl)cc1C(C)(C)F. The predicted molar refractivity (Wildman–Crippen MR) is 134 cm³/mol. The molecule has 3 rings (SSSR count). The molecule has 1 aliphatic heterocycles. The van der Waals surface area contributed by atoms with E-state index in [1.807, 2.05) is 0 Å². The maximum Gasteiger partial charge on any atom is 0.224 e. The lowest BCUT2D eigenvalue weighted by atomic mass is 9.94. The number of benzene rings is 1. The monoisotopic (exact) mass is 547 g/mol. The molecule has 8 nitrogen and oxygen atoms in total. The van der Waals surface area contributed by atoms with Gasteiger partial charge in [0.2, 0.25) is 21.8 Å². The number of sulfonamides is 1. The summed E-state index contributed by atoms with van der Waals surface area (Å²) in [4.78, 5) is 16.6. The van der Waals surface area contributed by atoms with Gasteiger partial charge in [0.25, 0.3) is 0 Å². The van der Waals surface area contributed by atoms with Gasteiger partial charge < -0.3 is 14.8 Å². The molecular formula is C23H28Cl2FN3O5S. The average Bonchev–Trinajstić information content (AvgIpc) is 2.75. The maximum absolute atomic E-state index is 14.6. The molecule has 1 aromatic heterocycles. The van der Waals surface area contributed by atoms with E-state index < -0.39 is 15.7 Å². The van der Waals surface area contributed by atoms with E-state index in [2.05, 4.69) is 10.3 Å². The van der Waals surface area contributed by atoms with E-state index in [4.69, 9.17) is 32.7 Å². The van der Waals surface area contributed by atoms with Crippen LogP contribution >= 0.6 is 23.2 Å². The van der Waals surface area contributed by atoms with Crippen LogP contribution in [-0.2, 0) is 20.5 Å². The summed E-state index contributed by atoms with van der Waals surface area (Å²) in [5.41, 5.74) is -1.12. The van der Waals surface area contributed by atoms with Crippen LogP contribution in [0.2, 0.25) is 10.0 Å². The van der Waals surface area contributed by atoms with Crippen molar-refractivity contribution in [1.29, 1.82) is 0 Å². The zero-order valence-electron chi connectivity index (χ0n) is 19.9. The largest absolute Gasteiger partial charge is 0.481 e. The molecule has 1 saturated heterocycles. The van der Waals surface area contributed by atoms with Gasteiger partial charge in [0, 0.05) is 25.2 Å². The number of nitrogens with one attached hydrogen (secondary N) is 1. The molecule has 0 unspecified atom stereocenters. The number of hydrogen-bond acceptors (Lipinski definition) is 6. The Balaban J connectivity index is 1.67. The minimum atomic E-state index is -3.21. The number of anilines is 1. The van der Waals surface area contributed by atoms with Crippen molar-refractivity contribution in [2.24, 2.45) is 5.92 Å². The Morgan fingerprint density at radius 3 is 2.34 bits per heavy atom. The van der Waals surface area contributed by atoms with Crippen molar-refractivity contribution in [3.8, 4) is 17.4 Å². The Hall–Kier alpha value is -2.14. The molecule has 1 aliphatic rings. The second kappa shape index (κ2) is 10.9. The maximum atomic E-state index is 14.6. The molecule has 1 N–H and O–H groups in total. The first-order chi connectivity index (χ1) is 16.3. The minimum absolute atomic E-state index is 0.0815. The third kappa shape index (κ3) is 7.19. The summed E-state index contributed by atoms with van der Waals surface area (Å²) < 4.78 is 50.2. The number of nitrogens with zero attached hydrogens (tertiary/aromatic N) is 2. The van der Waals surface area contributed by atoms with E-state index in [1.54, 1.807) is 0 Å². The van der Waals surface area contributed by atoms with Crippen LogP contribution in [0.15, 0.2) is 24.4 Å². The summed E-state index contributed by atoms with van der Waals surface area (Å²) in [5, 5.41) is 3.06. The molecule has 0 aliphatic carbocycles. The van der Waals surface area contributed by atoms with Gasteiger partial charge in [0.05, 0.1) is 35.2 Å². The quantitative estimate of drug-likeness (QED) is 0.475. The lowest BCUT2D eigenvalue weighted by molar-refractivity contribution is -0.117. The summed E-state index contributed by atoms with van der Waals surface area (Å²) in [7, 11) is -1.81. The van der Waals surface area contributed by atoms with E-state index in [9.17, 15) is 17.6 Å². The molecule has 1 fully saturated rings. The Bertz CT molecular complexity index is 1170. The first-order valence-corrected chi connectivity index (χ1v) is 13.5. The number of carbonyl (C=O) groups excluding carboxylic acids is 1. The molecule has 0 saturated carbocycles. The number of aromatic nitrogens is 1. The van der Waals surface area contributed by atoms with Crippen LogP contribution in [0.25, 0.3) is 0 Å². The number of carbonyl (C=O) groups is 1. The fourth-order valence-corrected chi connectivity index (χ4v) is 5.28. The van der Waals surface area contributed by atoms with Gasteiger partial charge in [-0.15, -0.1) is 0 Å². The average molecular weight is 548 g/mol. The summed E-state index contributed by atoms with van der Waals surface area (Å²) in [6.07, 6.45) is 4.04. The van der Waals surface area contributed by atoms with Gasteiger partial charge in [-0.05, 0) is 50.8 Å². The number of piperidine rings is 1. The second-order valence-corrected chi connectivity index (χ2v) is 11.7. The minimum Gasteiger partial charge on any atom is -0.481 e. The first kappa shape index (κ1) is 27.4. The summed E-state index contributed by atoms with van der Waals surface area (Å²) in [6.45, 7) is 3.57. The van der Waals surface area contributed by atoms with E-state index in [0.717, 1.165) is 0 Å². The van der Waals surface area contributed by atoms with Crippen LogP contribution in [0, 0.1) is 5.92 Å². The van der Waals surface area contributed by atoms with Crippen molar-refractivity contribution in [3.05, 3.63) is 40.0 Å². The van der Waals surface area contributed by atoms with Crippen LogP contribution in [0.5, 0.6) is 17.4 Å². The molecule has 35 heavy (non-hydrogen) atoms. The molecule has 0 radical (unpaired) electrons. The highest BCUT2D eigenvalue weighted by Crippen LogP contribution is 2.41. The number of amides is 1. The number of halogens is 3. The van der Waals surface area contributed by atoms with Crippen molar-refractivity contribution in [2.45, 2.75) is 38.8 Å². The van der Waals surface area contributed by atoms with Gasteiger partial charge in [-0.2, -0.15) is 0 Å². The molecule has 12 heteroatoms. The van der Waals surface area contributed by atoms with E-state index >= 15 is 0 Å². The van der Waals surface area contributed by atoms with Crippen molar-refractivity contribution >= 4 is 44.8 Å². The molecule has 0 spiro atoms. The number of methoxy groups -OCH3 is 1. The number of alkyl halides is 1. The van der Waals surface area contributed by atoms with Crippen molar-refractivity contribution < 1.29 is 27.1 Å². The van der Waals surface area contributed by atoms with Gasteiger partial charge in [0.15, 0.2) is 5.75 Å². The predicted octanol–water partition coefficient (Wildman–Crippen LogP) is 5.39. The molecule has 2 heterocycles. The topological polar surface area (TPSA) is 97.8 Å². The zero-order valence-corrected chi connectivity index (χ0v) is 22.2. The van der Waals surface area contributed by atoms with E-state index in [0.29, 0.717) is 31.6 Å². The third-order valence-electron chi connectivity index (χ3n) is 5.68. The second-order valence-electron chi connectivity index (χ2n) is 8.93.